The lowest BCUT2D eigenvalue weighted by Crippen LogP contribution is -2.53. The molecule has 1 heterocycles. The Kier molecular flexibility index (Phi) is 5.76. The molecule has 0 unspecified atom stereocenters. The van der Waals surface area contributed by atoms with Crippen LogP contribution in [0.4, 0.5) is 13.6 Å². The van der Waals surface area contributed by atoms with Gasteiger partial charge in [0.05, 0.1) is 0 Å². The fourth-order valence-electron chi connectivity index (χ4n) is 2.35. The number of carbonyl (C=O) groups is 1. The summed E-state index contributed by atoms with van der Waals surface area (Å²) >= 11 is 0. The Morgan fingerprint density at radius 2 is 1.83 bits per heavy atom. The van der Waals surface area contributed by atoms with E-state index in [1.54, 1.807) is 0 Å². The van der Waals surface area contributed by atoms with Crippen LogP contribution in [-0.2, 0) is 10.0 Å². The minimum absolute atomic E-state index is 0.0351. The van der Waals surface area contributed by atoms with Gasteiger partial charge in [-0.15, -0.1) is 0 Å². The molecule has 0 atom stereocenters. The number of piperazine rings is 1. The van der Waals surface area contributed by atoms with Gasteiger partial charge >= 0.3 is 6.03 Å². The Balaban J connectivity index is 2.03. The van der Waals surface area contributed by atoms with Crippen LogP contribution in [0.15, 0.2) is 23.1 Å². The number of rotatable bonds is 4. The number of nitrogens with zero attached hydrogens (tertiary/aromatic N) is 2. The maximum Gasteiger partial charge on any atom is 0.317 e. The molecule has 9 heteroatoms. The van der Waals surface area contributed by atoms with Gasteiger partial charge < -0.3 is 10.2 Å². The van der Waals surface area contributed by atoms with E-state index in [4.69, 9.17) is 0 Å². The minimum Gasteiger partial charge on any atom is -0.338 e. The van der Waals surface area contributed by atoms with E-state index in [9.17, 15) is 22.0 Å². The lowest BCUT2D eigenvalue weighted by atomic mass is 10.2. The van der Waals surface area contributed by atoms with Gasteiger partial charge in [-0.2, -0.15) is 4.31 Å². The molecule has 0 aliphatic carbocycles. The second kappa shape index (κ2) is 7.43. The van der Waals surface area contributed by atoms with Crippen molar-refractivity contribution in [1.82, 2.24) is 14.5 Å². The van der Waals surface area contributed by atoms with E-state index in [2.05, 4.69) is 5.32 Å². The van der Waals surface area contributed by atoms with E-state index >= 15 is 0 Å². The second-order valence-electron chi connectivity index (χ2n) is 6.05. The number of nitrogens with one attached hydrogen (secondary N) is 1. The summed E-state index contributed by atoms with van der Waals surface area (Å²) in [5, 5.41) is 2.76. The van der Waals surface area contributed by atoms with Gasteiger partial charge in [0.25, 0.3) is 0 Å². The van der Waals surface area contributed by atoms with Crippen LogP contribution in [0.3, 0.4) is 0 Å². The Labute approximate surface area is 140 Å². The maximum absolute atomic E-state index is 13.8. The van der Waals surface area contributed by atoms with Gasteiger partial charge in [0, 0.05) is 32.7 Å². The third-order valence-corrected chi connectivity index (χ3v) is 5.61. The van der Waals surface area contributed by atoms with Crippen LogP contribution in [0, 0.1) is 17.6 Å². The molecule has 2 amide bonds. The van der Waals surface area contributed by atoms with Crippen LogP contribution < -0.4 is 5.32 Å². The molecule has 1 aromatic rings. The molecule has 0 radical (unpaired) electrons. The number of hydrogen-bond acceptors (Lipinski definition) is 3. The molecule has 1 N–H and O–H groups in total. The number of carbonyl (C=O) groups excluding carboxylic acids is 1. The minimum atomic E-state index is -4.13. The second-order valence-corrected chi connectivity index (χ2v) is 7.95. The molecule has 0 spiro atoms. The zero-order valence-corrected chi connectivity index (χ0v) is 14.4. The van der Waals surface area contributed by atoms with Gasteiger partial charge in [-0.3, -0.25) is 0 Å². The fraction of sp³-hybridized carbons (Fsp3) is 0.533. The summed E-state index contributed by atoms with van der Waals surface area (Å²) in [6, 6.07) is 2.08. The Morgan fingerprint density at radius 3 is 2.42 bits per heavy atom. The number of amides is 2. The first-order valence-corrected chi connectivity index (χ1v) is 9.14. The van der Waals surface area contributed by atoms with Crippen LogP contribution in [0.25, 0.3) is 0 Å². The summed E-state index contributed by atoms with van der Waals surface area (Å²) in [5.41, 5.74) is 0. The Hall–Kier alpha value is -1.74. The molecule has 134 valence electrons. The van der Waals surface area contributed by atoms with E-state index in [1.165, 1.54) is 4.90 Å². The maximum atomic E-state index is 13.8. The number of urea groups is 1. The zero-order valence-electron chi connectivity index (χ0n) is 13.6. The third-order valence-electron chi connectivity index (χ3n) is 3.70. The topological polar surface area (TPSA) is 69.7 Å². The number of hydrogen-bond donors (Lipinski definition) is 1. The lowest BCUT2D eigenvalue weighted by Gasteiger charge is -2.34. The fourth-order valence-corrected chi connectivity index (χ4v) is 3.85. The van der Waals surface area contributed by atoms with Crippen LogP contribution in [-0.4, -0.2) is 56.4 Å². The molecule has 1 aliphatic heterocycles. The van der Waals surface area contributed by atoms with E-state index in [0.717, 1.165) is 16.4 Å². The van der Waals surface area contributed by atoms with Crippen molar-refractivity contribution in [2.75, 3.05) is 32.7 Å². The van der Waals surface area contributed by atoms with Gasteiger partial charge in [-0.25, -0.2) is 22.0 Å². The molecule has 0 saturated carbocycles. The summed E-state index contributed by atoms with van der Waals surface area (Å²) < 4.78 is 53.0. The van der Waals surface area contributed by atoms with E-state index < -0.39 is 26.6 Å². The largest absolute Gasteiger partial charge is 0.338 e. The third kappa shape index (κ3) is 4.21. The highest BCUT2D eigenvalue weighted by Gasteiger charge is 2.32. The van der Waals surface area contributed by atoms with E-state index in [1.807, 2.05) is 13.8 Å². The number of halogens is 2. The van der Waals surface area contributed by atoms with Crippen LogP contribution >= 0.6 is 0 Å². The van der Waals surface area contributed by atoms with Crippen molar-refractivity contribution in [3.8, 4) is 0 Å². The quantitative estimate of drug-likeness (QED) is 0.886. The zero-order chi connectivity index (χ0) is 17.9. The molecule has 1 aromatic carbocycles. The summed E-state index contributed by atoms with van der Waals surface area (Å²) in [7, 11) is -4.13. The molecule has 0 bridgehead atoms. The smallest absolute Gasteiger partial charge is 0.317 e. The molecule has 24 heavy (non-hydrogen) atoms. The number of benzene rings is 1. The molecule has 6 nitrogen and oxygen atoms in total. The van der Waals surface area contributed by atoms with Crippen molar-refractivity contribution in [2.24, 2.45) is 5.92 Å². The first kappa shape index (κ1) is 18.6. The standard InChI is InChI=1S/C15H21F2N3O3S/c1-11(2)10-18-15(21)19-5-7-20(8-6-19)24(22,23)14-9-12(16)3-4-13(14)17/h3-4,9,11H,5-8,10H2,1-2H3,(H,18,21). The number of sulfonamides is 1. The van der Waals surface area contributed by atoms with Gasteiger partial charge in [-0.05, 0) is 24.1 Å². The molecule has 1 fully saturated rings. The van der Waals surface area contributed by atoms with E-state index in [0.29, 0.717) is 18.5 Å². The van der Waals surface area contributed by atoms with Crippen LogP contribution in [0.2, 0.25) is 0 Å². The average Bonchev–Trinajstić information content (AvgIpc) is 2.54. The van der Waals surface area contributed by atoms with E-state index in [-0.39, 0.29) is 32.2 Å². The monoisotopic (exact) mass is 361 g/mol. The molecule has 2 rings (SSSR count). The first-order chi connectivity index (χ1) is 11.2. The summed E-state index contributed by atoms with van der Waals surface area (Å²) in [6.07, 6.45) is 0. The van der Waals surface area contributed by atoms with Crippen molar-refractivity contribution >= 4 is 16.1 Å². The SMILES string of the molecule is CC(C)CNC(=O)N1CCN(S(=O)(=O)c2cc(F)ccc2F)CC1. The highest BCUT2D eigenvalue weighted by Crippen LogP contribution is 2.21. The van der Waals surface area contributed by atoms with Gasteiger partial charge in [0.2, 0.25) is 10.0 Å². The van der Waals surface area contributed by atoms with Crippen molar-refractivity contribution in [1.29, 1.82) is 0 Å². The van der Waals surface area contributed by atoms with Crippen LogP contribution in [0.5, 0.6) is 0 Å². The molecular weight excluding hydrogens is 340 g/mol. The van der Waals surface area contributed by atoms with Crippen molar-refractivity contribution in [3.63, 3.8) is 0 Å². The predicted molar refractivity (Wildman–Crippen MR) is 84.9 cm³/mol. The Bertz CT molecular complexity index is 702. The Morgan fingerprint density at radius 1 is 1.21 bits per heavy atom. The van der Waals surface area contributed by atoms with Gasteiger partial charge in [0.1, 0.15) is 16.5 Å². The normalized spacial score (nSPS) is 16.5. The van der Waals surface area contributed by atoms with Gasteiger partial charge in [-0.1, -0.05) is 13.8 Å². The highest BCUT2D eigenvalue weighted by molar-refractivity contribution is 7.89. The summed E-state index contributed by atoms with van der Waals surface area (Å²) in [4.78, 5) is 12.8. The van der Waals surface area contributed by atoms with Crippen molar-refractivity contribution in [3.05, 3.63) is 29.8 Å². The predicted octanol–water partition coefficient (Wildman–Crippen LogP) is 1.64. The first-order valence-electron chi connectivity index (χ1n) is 7.70. The van der Waals surface area contributed by atoms with Crippen molar-refractivity contribution in [2.45, 2.75) is 18.7 Å². The molecule has 0 aromatic heterocycles. The van der Waals surface area contributed by atoms with Crippen LogP contribution in [0.1, 0.15) is 13.8 Å². The summed E-state index contributed by atoms with van der Waals surface area (Å²) in [5.74, 6) is -1.50. The van der Waals surface area contributed by atoms with Crippen molar-refractivity contribution < 1.29 is 22.0 Å². The highest BCUT2D eigenvalue weighted by atomic mass is 32.2. The molecular formula is C15H21F2N3O3S. The molecule has 1 saturated heterocycles. The lowest BCUT2D eigenvalue weighted by molar-refractivity contribution is 0.171. The summed E-state index contributed by atoms with van der Waals surface area (Å²) in [6.45, 7) is 4.93. The van der Waals surface area contributed by atoms with Gasteiger partial charge in [0.15, 0.2) is 0 Å². The molecule has 1 aliphatic rings. The average molecular weight is 361 g/mol.